The molecule has 0 aliphatic heterocycles. The Kier molecular flexibility index (Phi) is 6.86. The molecule has 124 valence electrons. The number of anilines is 1. The zero-order valence-electron chi connectivity index (χ0n) is 15.2. The number of para-hydroxylation sites is 1. The Morgan fingerprint density at radius 1 is 1.05 bits per heavy atom. The van der Waals surface area contributed by atoms with Gasteiger partial charge in [0, 0.05) is 12.2 Å². The largest absolute Gasteiger partial charge is 0.362 e. The zero-order chi connectivity index (χ0) is 16.9. The fourth-order valence-electron chi connectivity index (χ4n) is 2.40. The summed E-state index contributed by atoms with van der Waals surface area (Å²) in [4.78, 5) is 0. The molecule has 0 aromatic heterocycles. The van der Waals surface area contributed by atoms with Crippen molar-refractivity contribution in [2.24, 2.45) is 5.41 Å². The van der Waals surface area contributed by atoms with Crippen LogP contribution >= 0.6 is 12.2 Å². The number of thiocarbonyl (C=S) groups is 1. The Morgan fingerprint density at radius 3 is 1.95 bits per heavy atom. The number of nitrogens with one attached hydrogen (secondary N) is 2. The zero-order valence-corrected chi connectivity index (χ0v) is 16.0. The first-order valence-electron chi connectivity index (χ1n) is 8.29. The highest BCUT2D eigenvalue weighted by Gasteiger charge is 2.15. The third kappa shape index (κ3) is 5.96. The highest BCUT2D eigenvalue weighted by atomic mass is 32.1. The second-order valence-corrected chi connectivity index (χ2v) is 8.22. The molecule has 0 saturated carbocycles. The van der Waals surface area contributed by atoms with Crippen LogP contribution in [0.2, 0.25) is 0 Å². The van der Waals surface area contributed by atoms with Crippen LogP contribution in [0, 0.1) is 5.41 Å². The summed E-state index contributed by atoms with van der Waals surface area (Å²) in [5.74, 6) is 0.942. The number of hydrogen-bond donors (Lipinski definition) is 2. The molecule has 2 nitrogen and oxygen atoms in total. The summed E-state index contributed by atoms with van der Waals surface area (Å²) in [5, 5.41) is 7.51. The maximum atomic E-state index is 5.49. The van der Waals surface area contributed by atoms with Crippen molar-refractivity contribution in [1.29, 1.82) is 0 Å². The van der Waals surface area contributed by atoms with Crippen molar-refractivity contribution in [3.8, 4) is 0 Å². The topological polar surface area (TPSA) is 24.1 Å². The first kappa shape index (κ1) is 19.0. The van der Waals surface area contributed by atoms with Crippen molar-refractivity contribution in [2.75, 3.05) is 11.9 Å². The molecule has 1 aromatic rings. The normalized spacial score (nSPS) is 11.9. The van der Waals surface area contributed by atoms with Crippen LogP contribution in [0.3, 0.4) is 0 Å². The number of benzene rings is 1. The molecule has 0 spiro atoms. The molecule has 0 atom stereocenters. The average molecular weight is 321 g/mol. The highest BCUT2D eigenvalue weighted by Crippen LogP contribution is 2.32. The smallest absolute Gasteiger partial charge is 0.170 e. The Bertz CT molecular complexity index is 472. The van der Waals surface area contributed by atoms with Gasteiger partial charge in [0.1, 0.15) is 0 Å². The average Bonchev–Trinajstić information content (AvgIpc) is 2.36. The molecule has 22 heavy (non-hydrogen) atoms. The Morgan fingerprint density at radius 2 is 1.55 bits per heavy atom. The van der Waals surface area contributed by atoms with Gasteiger partial charge in [-0.05, 0) is 47.0 Å². The monoisotopic (exact) mass is 320 g/mol. The van der Waals surface area contributed by atoms with Gasteiger partial charge in [0.2, 0.25) is 0 Å². The first-order valence-corrected chi connectivity index (χ1v) is 8.70. The Labute approximate surface area is 142 Å². The molecule has 3 heteroatoms. The maximum absolute atomic E-state index is 5.49. The van der Waals surface area contributed by atoms with Gasteiger partial charge in [0.25, 0.3) is 0 Å². The Hall–Kier alpha value is -1.09. The van der Waals surface area contributed by atoms with Crippen LogP contribution in [0.1, 0.15) is 77.8 Å². The fourth-order valence-corrected chi connectivity index (χ4v) is 2.61. The van der Waals surface area contributed by atoms with Crippen molar-refractivity contribution in [2.45, 2.75) is 66.7 Å². The van der Waals surface area contributed by atoms with E-state index in [1.54, 1.807) is 0 Å². The first-order chi connectivity index (χ1) is 10.1. The van der Waals surface area contributed by atoms with Gasteiger partial charge in [-0.3, -0.25) is 0 Å². The quantitative estimate of drug-likeness (QED) is 0.685. The summed E-state index contributed by atoms with van der Waals surface area (Å²) in [6, 6.07) is 6.53. The molecule has 1 aromatic carbocycles. The second kappa shape index (κ2) is 7.96. The molecule has 0 unspecified atom stereocenters. The fraction of sp³-hybridized carbons (Fsp3) is 0.632. The lowest BCUT2D eigenvalue weighted by atomic mass is 9.92. The lowest BCUT2D eigenvalue weighted by molar-refractivity contribution is 0.378. The van der Waals surface area contributed by atoms with Gasteiger partial charge in [0.15, 0.2) is 5.11 Å². The molecule has 0 heterocycles. The third-order valence-electron chi connectivity index (χ3n) is 3.77. The summed E-state index contributed by atoms with van der Waals surface area (Å²) < 4.78 is 0. The van der Waals surface area contributed by atoms with Crippen molar-refractivity contribution in [1.82, 2.24) is 5.32 Å². The van der Waals surface area contributed by atoms with Gasteiger partial charge in [-0.15, -0.1) is 0 Å². The Balaban J connectivity index is 2.85. The minimum atomic E-state index is 0.321. The van der Waals surface area contributed by atoms with E-state index in [0.717, 1.165) is 18.1 Å². The molecule has 0 radical (unpaired) electrons. The second-order valence-electron chi connectivity index (χ2n) is 7.81. The van der Waals surface area contributed by atoms with Crippen molar-refractivity contribution in [3.05, 3.63) is 29.3 Å². The van der Waals surface area contributed by atoms with Crippen LogP contribution < -0.4 is 10.6 Å². The van der Waals surface area contributed by atoms with Gasteiger partial charge < -0.3 is 10.6 Å². The summed E-state index contributed by atoms with van der Waals surface area (Å²) in [6.45, 7) is 16.5. The molecular formula is C19H32N2S. The molecule has 0 saturated heterocycles. The molecule has 2 N–H and O–H groups in total. The lowest BCUT2D eigenvalue weighted by Crippen LogP contribution is -2.32. The molecule has 1 rings (SSSR count). The van der Waals surface area contributed by atoms with Crippen molar-refractivity contribution < 1.29 is 0 Å². The predicted molar refractivity (Wildman–Crippen MR) is 103 cm³/mol. The molecule has 0 aliphatic carbocycles. The van der Waals surface area contributed by atoms with Gasteiger partial charge in [-0.2, -0.15) is 0 Å². The van der Waals surface area contributed by atoms with Crippen LogP contribution in [0.15, 0.2) is 18.2 Å². The molecule has 0 amide bonds. The van der Waals surface area contributed by atoms with Crippen LogP contribution in [-0.4, -0.2) is 11.7 Å². The van der Waals surface area contributed by atoms with E-state index < -0.39 is 0 Å². The highest BCUT2D eigenvalue weighted by molar-refractivity contribution is 7.80. The summed E-state index contributed by atoms with van der Waals surface area (Å²) in [5.41, 5.74) is 4.15. The molecular weight excluding hydrogens is 288 g/mol. The van der Waals surface area contributed by atoms with Crippen LogP contribution in [0.4, 0.5) is 5.69 Å². The van der Waals surface area contributed by atoms with E-state index in [1.807, 2.05) is 0 Å². The number of rotatable bonds is 5. The lowest BCUT2D eigenvalue weighted by Gasteiger charge is -2.23. The van der Waals surface area contributed by atoms with Crippen molar-refractivity contribution >= 4 is 23.0 Å². The maximum Gasteiger partial charge on any atom is 0.170 e. The van der Waals surface area contributed by atoms with Crippen molar-refractivity contribution in [3.63, 3.8) is 0 Å². The molecule has 0 bridgehead atoms. The van der Waals surface area contributed by atoms with Gasteiger partial charge in [-0.25, -0.2) is 0 Å². The predicted octanol–water partition coefficient (Wildman–Crippen LogP) is 5.66. The van der Waals surface area contributed by atoms with E-state index in [2.05, 4.69) is 77.3 Å². The standard InChI is InChI=1S/C19H32N2S/c1-13(2)15-9-8-10-16(14(3)4)17(15)21-18(22)20-12-11-19(5,6)7/h8-10,13-14H,11-12H2,1-7H3,(H2,20,21,22). The van der Waals surface area contributed by atoms with E-state index in [-0.39, 0.29) is 0 Å². The van der Waals surface area contributed by atoms with E-state index in [1.165, 1.54) is 16.8 Å². The SMILES string of the molecule is CC(C)c1cccc(C(C)C)c1NC(=S)NCCC(C)(C)C. The molecule has 0 aliphatic rings. The molecule has 0 fully saturated rings. The van der Waals surface area contributed by atoms with E-state index >= 15 is 0 Å². The van der Waals surface area contributed by atoms with E-state index in [9.17, 15) is 0 Å². The van der Waals surface area contributed by atoms with Gasteiger partial charge >= 0.3 is 0 Å². The van der Waals surface area contributed by atoms with E-state index in [4.69, 9.17) is 12.2 Å². The van der Waals surface area contributed by atoms with Gasteiger partial charge in [-0.1, -0.05) is 66.7 Å². The minimum Gasteiger partial charge on any atom is -0.362 e. The number of hydrogen-bond acceptors (Lipinski definition) is 1. The minimum absolute atomic E-state index is 0.321. The summed E-state index contributed by atoms with van der Waals surface area (Å²) in [7, 11) is 0. The summed E-state index contributed by atoms with van der Waals surface area (Å²) in [6.07, 6.45) is 1.09. The van der Waals surface area contributed by atoms with E-state index in [0.29, 0.717) is 17.3 Å². The van der Waals surface area contributed by atoms with Gasteiger partial charge in [0.05, 0.1) is 0 Å². The van der Waals surface area contributed by atoms with Crippen LogP contribution in [0.25, 0.3) is 0 Å². The third-order valence-corrected chi connectivity index (χ3v) is 4.02. The van der Waals surface area contributed by atoms with Crippen LogP contribution in [0.5, 0.6) is 0 Å². The summed E-state index contributed by atoms with van der Waals surface area (Å²) >= 11 is 5.49. The van der Waals surface area contributed by atoms with Crippen LogP contribution in [-0.2, 0) is 0 Å².